The summed E-state index contributed by atoms with van der Waals surface area (Å²) in [5.74, 6) is -4.14. The quantitative estimate of drug-likeness (QED) is 0.105. The second-order valence-electron chi connectivity index (χ2n) is 8.29. The molecule has 1 aliphatic carbocycles. The zero-order valence-corrected chi connectivity index (χ0v) is 19.0. The number of carbonyl (C=O) groups excluding carboxylic acids is 2. The lowest BCUT2D eigenvalue weighted by Crippen LogP contribution is -2.23. The number of ether oxygens (including phenoxy) is 1. The molecular weight excluding hydrogens is 396 g/mol. The van der Waals surface area contributed by atoms with E-state index in [0.29, 0.717) is 6.42 Å². The van der Waals surface area contributed by atoms with Crippen molar-refractivity contribution >= 4 is 11.9 Å². The third kappa shape index (κ3) is 12.3. The second-order valence-corrected chi connectivity index (χ2v) is 8.29. The Morgan fingerprint density at radius 2 is 1.45 bits per heavy atom. The minimum absolute atomic E-state index is 0.166. The van der Waals surface area contributed by atoms with E-state index >= 15 is 0 Å². The molecular formula is C25H40O6. The van der Waals surface area contributed by atoms with Gasteiger partial charge in [0.2, 0.25) is 0 Å². The number of esters is 2. The molecule has 0 aliphatic heterocycles. The number of aliphatic hydroxyl groups excluding tert-OH is 3. The van der Waals surface area contributed by atoms with Crippen molar-refractivity contribution in [1.82, 2.24) is 0 Å². The van der Waals surface area contributed by atoms with Crippen molar-refractivity contribution in [2.45, 2.75) is 103 Å². The van der Waals surface area contributed by atoms with Gasteiger partial charge < -0.3 is 20.1 Å². The monoisotopic (exact) mass is 436 g/mol. The summed E-state index contributed by atoms with van der Waals surface area (Å²) >= 11 is 0. The van der Waals surface area contributed by atoms with Crippen LogP contribution in [0.4, 0.5) is 0 Å². The van der Waals surface area contributed by atoms with Crippen molar-refractivity contribution in [1.29, 1.82) is 0 Å². The molecule has 0 radical (unpaired) electrons. The van der Waals surface area contributed by atoms with Crippen molar-refractivity contribution in [2.75, 3.05) is 0 Å². The van der Waals surface area contributed by atoms with Gasteiger partial charge in [0.05, 0.1) is 5.92 Å². The Balaban J connectivity index is 1.98. The summed E-state index contributed by atoms with van der Waals surface area (Å²) in [6, 6.07) is 0. The highest BCUT2D eigenvalue weighted by Gasteiger charge is 2.29. The van der Waals surface area contributed by atoms with Crippen molar-refractivity contribution in [2.24, 2.45) is 5.92 Å². The van der Waals surface area contributed by atoms with Crippen LogP contribution in [0.15, 0.2) is 35.5 Å². The van der Waals surface area contributed by atoms with E-state index in [2.05, 4.69) is 19.1 Å². The van der Waals surface area contributed by atoms with Gasteiger partial charge in [0, 0.05) is 12.8 Å². The van der Waals surface area contributed by atoms with Crippen LogP contribution in [-0.4, -0.2) is 27.3 Å². The van der Waals surface area contributed by atoms with E-state index in [1.54, 1.807) is 0 Å². The van der Waals surface area contributed by atoms with Crippen LogP contribution in [0, 0.1) is 5.92 Å². The molecule has 1 aliphatic rings. The molecule has 0 aromatic rings. The number of allylic oxidation sites excluding steroid dienone is 3. The molecule has 3 N–H and O–H groups in total. The highest BCUT2D eigenvalue weighted by molar-refractivity contribution is 5.88. The van der Waals surface area contributed by atoms with E-state index < -0.39 is 35.1 Å². The molecule has 0 fully saturated rings. The van der Waals surface area contributed by atoms with E-state index in [4.69, 9.17) is 4.74 Å². The van der Waals surface area contributed by atoms with Gasteiger partial charge in [0.1, 0.15) is 5.76 Å². The number of aliphatic hydroxyl groups is 3. The summed E-state index contributed by atoms with van der Waals surface area (Å²) in [5.41, 5.74) is 0. The van der Waals surface area contributed by atoms with Gasteiger partial charge in [-0.2, -0.15) is 0 Å². The maximum atomic E-state index is 11.9. The van der Waals surface area contributed by atoms with Gasteiger partial charge in [-0.1, -0.05) is 70.4 Å². The second kappa shape index (κ2) is 16.5. The molecule has 0 saturated heterocycles. The lowest BCUT2D eigenvalue weighted by Gasteiger charge is -2.16. The number of unbranched alkanes of at least 4 members (excludes halogenated alkanes) is 11. The average Bonchev–Trinajstić information content (AvgIpc) is 2.74. The van der Waals surface area contributed by atoms with E-state index in [1.807, 2.05) is 0 Å². The van der Waals surface area contributed by atoms with Crippen LogP contribution >= 0.6 is 0 Å². The molecule has 1 rings (SSSR count). The van der Waals surface area contributed by atoms with Gasteiger partial charge in [0.25, 0.3) is 0 Å². The topological polar surface area (TPSA) is 104 Å². The Bertz CT molecular complexity index is 632. The number of hydrogen-bond donors (Lipinski definition) is 3. The first-order chi connectivity index (χ1) is 15.0. The lowest BCUT2D eigenvalue weighted by atomic mass is 9.97. The Labute approximate surface area is 186 Å². The van der Waals surface area contributed by atoms with Crippen LogP contribution in [0.25, 0.3) is 0 Å². The van der Waals surface area contributed by atoms with Gasteiger partial charge in [-0.25, -0.2) is 0 Å². The van der Waals surface area contributed by atoms with Crippen LogP contribution in [0.2, 0.25) is 0 Å². The van der Waals surface area contributed by atoms with Gasteiger partial charge >= 0.3 is 11.9 Å². The Kier molecular flexibility index (Phi) is 14.2. The third-order valence-electron chi connectivity index (χ3n) is 5.45. The molecule has 1 unspecified atom stereocenters. The van der Waals surface area contributed by atoms with Crippen LogP contribution in [0.5, 0.6) is 0 Å². The predicted molar refractivity (Wildman–Crippen MR) is 122 cm³/mol. The number of hydrogen-bond acceptors (Lipinski definition) is 6. The fraction of sp³-hybridized carbons (Fsp3) is 0.680. The van der Waals surface area contributed by atoms with Crippen LogP contribution in [-0.2, 0) is 14.3 Å². The molecule has 0 bridgehead atoms. The SMILES string of the molecule is CCCCCCCC/C=C\CCCCCCCC(=O)OC(=O)C1C=C(O)C(O)=C(O)C1. The van der Waals surface area contributed by atoms with E-state index in [1.165, 1.54) is 44.9 Å². The fourth-order valence-electron chi connectivity index (χ4n) is 3.51. The number of rotatable bonds is 16. The molecule has 6 heteroatoms. The van der Waals surface area contributed by atoms with Gasteiger partial charge in [0.15, 0.2) is 11.5 Å². The Morgan fingerprint density at radius 1 is 0.903 bits per heavy atom. The molecule has 0 heterocycles. The summed E-state index contributed by atoms with van der Waals surface area (Å²) in [7, 11) is 0. The zero-order chi connectivity index (χ0) is 22.9. The van der Waals surface area contributed by atoms with Crippen LogP contribution in [0.1, 0.15) is 103 Å². The molecule has 1 atom stereocenters. The summed E-state index contributed by atoms with van der Waals surface area (Å²) < 4.78 is 4.78. The summed E-state index contributed by atoms with van der Waals surface area (Å²) in [5, 5.41) is 28.3. The van der Waals surface area contributed by atoms with E-state index in [0.717, 1.165) is 38.2 Å². The smallest absolute Gasteiger partial charge is 0.321 e. The standard InChI is InChI=1S/C25H40O6/c1-2-3-4-5-6-7-8-9-10-11-12-13-14-15-16-17-23(28)31-25(30)20-18-21(26)24(29)22(27)19-20/h9-10,18,20,26-27,29H,2-8,11-17,19H2,1H3/b10-9-. The van der Waals surface area contributed by atoms with Crippen LogP contribution < -0.4 is 0 Å². The van der Waals surface area contributed by atoms with Crippen LogP contribution in [0.3, 0.4) is 0 Å². The number of carbonyl (C=O) groups is 2. The molecule has 0 saturated carbocycles. The van der Waals surface area contributed by atoms with Crippen molar-refractivity contribution < 1.29 is 29.6 Å². The van der Waals surface area contributed by atoms with Crippen molar-refractivity contribution in [3.8, 4) is 0 Å². The fourth-order valence-corrected chi connectivity index (χ4v) is 3.51. The first-order valence-corrected chi connectivity index (χ1v) is 11.9. The zero-order valence-electron chi connectivity index (χ0n) is 19.0. The molecule has 176 valence electrons. The molecule has 0 spiro atoms. The highest BCUT2D eigenvalue weighted by Crippen LogP contribution is 2.25. The minimum atomic E-state index is -0.978. The molecule has 31 heavy (non-hydrogen) atoms. The van der Waals surface area contributed by atoms with Crippen molar-refractivity contribution in [3.05, 3.63) is 35.5 Å². The largest absolute Gasteiger partial charge is 0.508 e. The summed E-state index contributed by atoms with van der Waals surface area (Å²) in [6.07, 6.45) is 20.8. The van der Waals surface area contributed by atoms with Crippen molar-refractivity contribution in [3.63, 3.8) is 0 Å². The Morgan fingerprint density at radius 3 is 2.03 bits per heavy atom. The molecule has 0 aromatic heterocycles. The maximum absolute atomic E-state index is 11.9. The molecule has 0 amide bonds. The first-order valence-electron chi connectivity index (χ1n) is 11.9. The van der Waals surface area contributed by atoms with E-state index in [-0.39, 0.29) is 12.8 Å². The minimum Gasteiger partial charge on any atom is -0.508 e. The highest BCUT2D eigenvalue weighted by atomic mass is 16.6. The molecule has 0 aromatic carbocycles. The summed E-state index contributed by atoms with van der Waals surface area (Å²) in [4.78, 5) is 23.7. The first kappa shape index (κ1) is 26.8. The Hall–Kier alpha value is -2.24. The third-order valence-corrected chi connectivity index (χ3v) is 5.45. The summed E-state index contributed by atoms with van der Waals surface area (Å²) in [6.45, 7) is 2.24. The molecule has 6 nitrogen and oxygen atoms in total. The maximum Gasteiger partial charge on any atom is 0.321 e. The normalized spacial score (nSPS) is 16.5. The lowest BCUT2D eigenvalue weighted by molar-refractivity contribution is -0.161. The van der Waals surface area contributed by atoms with Gasteiger partial charge in [-0.3, -0.25) is 9.59 Å². The van der Waals surface area contributed by atoms with Gasteiger partial charge in [-0.05, 0) is 38.2 Å². The predicted octanol–water partition coefficient (Wildman–Crippen LogP) is 6.88. The van der Waals surface area contributed by atoms with E-state index in [9.17, 15) is 24.9 Å². The van der Waals surface area contributed by atoms with Gasteiger partial charge in [-0.15, -0.1) is 0 Å². The average molecular weight is 437 g/mol.